The summed E-state index contributed by atoms with van der Waals surface area (Å²) in [6.07, 6.45) is 1.02. The van der Waals surface area contributed by atoms with Gasteiger partial charge in [-0.25, -0.2) is 8.78 Å². The molecule has 0 spiro atoms. The predicted octanol–water partition coefficient (Wildman–Crippen LogP) is 2.44. The van der Waals surface area contributed by atoms with Crippen LogP contribution < -0.4 is 0 Å². The van der Waals surface area contributed by atoms with Crippen LogP contribution in [0.25, 0.3) is 0 Å². The van der Waals surface area contributed by atoms with Crippen LogP contribution in [0.2, 0.25) is 0 Å². The highest BCUT2D eigenvalue weighted by Crippen LogP contribution is 2.25. The molecule has 2 nitrogen and oxygen atoms in total. The Morgan fingerprint density at radius 3 is 2.38 bits per heavy atom. The Hall–Kier alpha value is -1.81. The van der Waals surface area contributed by atoms with Gasteiger partial charge < -0.3 is 5.11 Å². The Morgan fingerprint density at radius 2 is 1.69 bits per heavy atom. The van der Waals surface area contributed by atoms with Gasteiger partial charge in [0.15, 0.2) is 0 Å². The van der Waals surface area contributed by atoms with Crippen molar-refractivity contribution in [2.45, 2.75) is 6.10 Å². The summed E-state index contributed by atoms with van der Waals surface area (Å²) in [6, 6.07) is 7.05. The molecule has 0 radical (unpaired) electrons. The quantitative estimate of drug-likeness (QED) is 0.844. The van der Waals surface area contributed by atoms with Gasteiger partial charge in [-0.3, -0.25) is 4.98 Å². The largest absolute Gasteiger partial charge is 0.383 e. The van der Waals surface area contributed by atoms with E-state index in [9.17, 15) is 13.9 Å². The summed E-state index contributed by atoms with van der Waals surface area (Å²) < 4.78 is 26.7. The number of hydrogen-bond acceptors (Lipinski definition) is 2. The number of aromatic nitrogens is 1. The third kappa shape index (κ3) is 1.92. The zero-order chi connectivity index (χ0) is 11.5. The molecular weight excluding hydrogens is 212 g/mol. The highest BCUT2D eigenvalue weighted by molar-refractivity contribution is 5.30. The molecule has 0 aliphatic heterocycles. The molecule has 0 saturated heterocycles. The number of aliphatic hydroxyl groups is 1. The Labute approximate surface area is 91.2 Å². The first kappa shape index (κ1) is 10.7. The minimum Gasteiger partial charge on any atom is -0.383 e. The molecule has 0 amide bonds. The Balaban J connectivity index is 2.44. The second kappa shape index (κ2) is 4.37. The zero-order valence-corrected chi connectivity index (χ0v) is 8.27. The van der Waals surface area contributed by atoms with E-state index in [1.807, 2.05) is 0 Å². The molecule has 1 atom stereocenters. The molecule has 0 saturated carbocycles. The van der Waals surface area contributed by atoms with Gasteiger partial charge in [0.2, 0.25) is 0 Å². The molecule has 1 N–H and O–H groups in total. The van der Waals surface area contributed by atoms with Crippen molar-refractivity contribution in [2.75, 3.05) is 0 Å². The SMILES string of the molecule is OC(c1ccccc1F)c1ccncc1F. The summed E-state index contributed by atoms with van der Waals surface area (Å²) in [5, 5.41) is 9.85. The van der Waals surface area contributed by atoms with Gasteiger partial charge in [-0.2, -0.15) is 0 Å². The van der Waals surface area contributed by atoms with Gasteiger partial charge in [-0.1, -0.05) is 18.2 Å². The maximum absolute atomic E-state index is 13.4. The monoisotopic (exact) mass is 221 g/mol. The second-order valence-electron chi connectivity index (χ2n) is 3.32. The number of halogens is 2. The van der Waals surface area contributed by atoms with E-state index in [0.717, 1.165) is 6.20 Å². The molecule has 0 aliphatic rings. The number of aliphatic hydroxyl groups excluding tert-OH is 1. The number of pyridine rings is 1. The van der Waals surface area contributed by atoms with Crippen LogP contribution in [0.1, 0.15) is 17.2 Å². The van der Waals surface area contributed by atoms with Crippen molar-refractivity contribution in [3.63, 3.8) is 0 Å². The Kier molecular flexibility index (Phi) is 2.92. The van der Waals surface area contributed by atoms with Crippen LogP contribution >= 0.6 is 0 Å². The fraction of sp³-hybridized carbons (Fsp3) is 0.0833. The highest BCUT2D eigenvalue weighted by Gasteiger charge is 2.17. The Bertz CT molecular complexity index is 456. The summed E-state index contributed by atoms with van der Waals surface area (Å²) in [5.74, 6) is -1.22. The molecule has 0 aliphatic carbocycles. The third-order valence-electron chi connectivity index (χ3n) is 2.30. The average Bonchev–Trinajstić information content (AvgIpc) is 2.29. The van der Waals surface area contributed by atoms with Crippen LogP contribution in [0.3, 0.4) is 0 Å². The van der Waals surface area contributed by atoms with E-state index >= 15 is 0 Å². The highest BCUT2D eigenvalue weighted by atomic mass is 19.1. The normalized spacial score (nSPS) is 12.4. The van der Waals surface area contributed by atoms with Gasteiger partial charge in [0.25, 0.3) is 0 Å². The van der Waals surface area contributed by atoms with Crippen molar-refractivity contribution in [2.24, 2.45) is 0 Å². The van der Waals surface area contributed by atoms with E-state index in [2.05, 4.69) is 4.98 Å². The summed E-state index contributed by atoms with van der Waals surface area (Å²) in [4.78, 5) is 3.56. The number of rotatable bonds is 2. The van der Waals surface area contributed by atoms with E-state index in [-0.39, 0.29) is 11.1 Å². The van der Waals surface area contributed by atoms with Crippen molar-refractivity contribution in [3.05, 3.63) is 65.5 Å². The van der Waals surface area contributed by atoms with E-state index in [4.69, 9.17) is 0 Å². The van der Waals surface area contributed by atoms with Crippen LogP contribution in [-0.4, -0.2) is 10.1 Å². The van der Waals surface area contributed by atoms with Gasteiger partial charge >= 0.3 is 0 Å². The lowest BCUT2D eigenvalue weighted by Gasteiger charge is -2.12. The number of benzene rings is 1. The van der Waals surface area contributed by atoms with Crippen LogP contribution in [0.15, 0.2) is 42.7 Å². The first-order valence-corrected chi connectivity index (χ1v) is 4.72. The lowest BCUT2D eigenvalue weighted by molar-refractivity contribution is 0.209. The molecule has 1 aromatic carbocycles. The summed E-state index contributed by atoms with van der Waals surface area (Å²) in [6.45, 7) is 0. The second-order valence-corrected chi connectivity index (χ2v) is 3.32. The molecule has 1 heterocycles. The maximum Gasteiger partial charge on any atom is 0.147 e. The average molecular weight is 221 g/mol. The third-order valence-corrected chi connectivity index (χ3v) is 2.30. The van der Waals surface area contributed by atoms with Gasteiger partial charge in [0, 0.05) is 17.3 Å². The number of hydrogen-bond donors (Lipinski definition) is 1. The first-order valence-electron chi connectivity index (χ1n) is 4.72. The van der Waals surface area contributed by atoms with Crippen LogP contribution in [0, 0.1) is 11.6 Å². The molecule has 1 unspecified atom stereocenters. The van der Waals surface area contributed by atoms with Crippen molar-refractivity contribution in [1.29, 1.82) is 0 Å². The fourth-order valence-corrected chi connectivity index (χ4v) is 1.47. The van der Waals surface area contributed by atoms with Gasteiger partial charge in [-0.15, -0.1) is 0 Å². The molecule has 0 fully saturated rings. The molecule has 4 heteroatoms. The maximum atomic E-state index is 13.4. The van der Waals surface area contributed by atoms with E-state index in [1.54, 1.807) is 6.07 Å². The zero-order valence-electron chi connectivity index (χ0n) is 8.27. The van der Waals surface area contributed by atoms with Crippen LogP contribution in [0.4, 0.5) is 8.78 Å². The molecule has 0 bridgehead atoms. The lowest BCUT2D eigenvalue weighted by atomic mass is 10.0. The summed E-state index contributed by atoms with van der Waals surface area (Å²) in [5.41, 5.74) is 0.0627. The van der Waals surface area contributed by atoms with Gasteiger partial charge in [0.1, 0.15) is 17.7 Å². The molecular formula is C12H9F2NO. The van der Waals surface area contributed by atoms with Crippen molar-refractivity contribution in [3.8, 4) is 0 Å². The van der Waals surface area contributed by atoms with Crippen LogP contribution in [-0.2, 0) is 0 Å². The van der Waals surface area contributed by atoms with Crippen molar-refractivity contribution >= 4 is 0 Å². The van der Waals surface area contributed by atoms with Crippen molar-refractivity contribution < 1.29 is 13.9 Å². The van der Waals surface area contributed by atoms with Crippen LogP contribution in [0.5, 0.6) is 0 Å². The fourth-order valence-electron chi connectivity index (χ4n) is 1.47. The summed E-state index contributed by atoms with van der Waals surface area (Å²) in [7, 11) is 0. The molecule has 2 rings (SSSR count). The van der Waals surface area contributed by atoms with E-state index in [0.29, 0.717) is 0 Å². The minimum absolute atomic E-state index is 0.0140. The standard InChI is InChI=1S/C12H9F2NO/c13-10-4-2-1-3-8(10)12(16)9-5-6-15-7-11(9)14/h1-7,12,16H. The van der Waals surface area contributed by atoms with Crippen molar-refractivity contribution in [1.82, 2.24) is 4.98 Å². The molecule has 82 valence electrons. The minimum atomic E-state index is -1.32. The topological polar surface area (TPSA) is 33.1 Å². The van der Waals surface area contributed by atoms with Gasteiger partial charge in [0.05, 0.1) is 6.20 Å². The number of nitrogens with zero attached hydrogens (tertiary/aromatic N) is 1. The first-order chi connectivity index (χ1) is 7.70. The van der Waals surface area contributed by atoms with E-state index < -0.39 is 17.7 Å². The van der Waals surface area contributed by atoms with E-state index in [1.165, 1.54) is 30.5 Å². The Morgan fingerprint density at radius 1 is 1.00 bits per heavy atom. The molecule has 16 heavy (non-hydrogen) atoms. The molecule has 1 aromatic heterocycles. The predicted molar refractivity (Wildman–Crippen MR) is 54.7 cm³/mol. The molecule has 2 aromatic rings. The lowest BCUT2D eigenvalue weighted by Crippen LogP contribution is -2.05. The summed E-state index contributed by atoms with van der Waals surface area (Å²) >= 11 is 0. The smallest absolute Gasteiger partial charge is 0.147 e. The van der Waals surface area contributed by atoms with Gasteiger partial charge in [-0.05, 0) is 12.1 Å².